The van der Waals surface area contributed by atoms with Crippen LogP contribution in [0.5, 0.6) is 0 Å². The average Bonchev–Trinajstić information content (AvgIpc) is 2.36. The molecule has 2 amide bonds. The molecule has 0 atom stereocenters. The number of hydrogen-bond acceptors (Lipinski definition) is 3. The number of nitrogens with one attached hydrogen (secondary N) is 2. The number of rotatable bonds is 5. The molecule has 0 unspecified atom stereocenters. The fraction of sp³-hybridized carbons (Fsp3) is 0.467. The van der Waals surface area contributed by atoms with Crippen LogP contribution in [-0.2, 0) is 9.59 Å². The van der Waals surface area contributed by atoms with Crippen molar-refractivity contribution in [2.75, 3.05) is 25.5 Å². The summed E-state index contributed by atoms with van der Waals surface area (Å²) in [5.74, 6) is -0.314. The maximum Gasteiger partial charge on any atom is 0.243 e. The minimum Gasteiger partial charge on any atom is -0.335 e. The van der Waals surface area contributed by atoms with Gasteiger partial charge < -0.3 is 15.5 Å². The molecule has 0 saturated heterocycles. The summed E-state index contributed by atoms with van der Waals surface area (Å²) in [4.78, 5) is 25.1. The Morgan fingerprint density at radius 2 is 1.75 bits per heavy atom. The number of carbonyl (C=O) groups is 2. The molecule has 5 heteroatoms. The van der Waals surface area contributed by atoms with Gasteiger partial charge in [0.15, 0.2) is 0 Å². The van der Waals surface area contributed by atoms with Crippen LogP contribution in [0.15, 0.2) is 30.3 Å². The Labute approximate surface area is 120 Å². The second-order valence-electron chi connectivity index (χ2n) is 5.77. The van der Waals surface area contributed by atoms with Gasteiger partial charge in [0.25, 0.3) is 0 Å². The summed E-state index contributed by atoms with van der Waals surface area (Å²) in [5, 5.41) is 5.85. The molecule has 110 valence electrons. The van der Waals surface area contributed by atoms with E-state index in [4.69, 9.17) is 0 Å². The van der Waals surface area contributed by atoms with Gasteiger partial charge in [-0.3, -0.25) is 9.59 Å². The van der Waals surface area contributed by atoms with E-state index in [2.05, 4.69) is 10.6 Å². The summed E-state index contributed by atoms with van der Waals surface area (Å²) in [7, 11) is 1.62. The second-order valence-corrected chi connectivity index (χ2v) is 5.77. The van der Waals surface area contributed by atoms with Crippen molar-refractivity contribution < 1.29 is 9.59 Å². The SMILES string of the molecule is CN(CC(=O)Nc1ccccc1)C(=O)CNC(C)(C)C. The molecule has 0 aliphatic carbocycles. The molecule has 0 aliphatic rings. The Morgan fingerprint density at radius 1 is 1.15 bits per heavy atom. The van der Waals surface area contributed by atoms with Crippen LogP contribution in [0, 0.1) is 0 Å². The molecule has 0 heterocycles. The Morgan fingerprint density at radius 3 is 2.30 bits per heavy atom. The highest BCUT2D eigenvalue weighted by molar-refractivity contribution is 5.94. The van der Waals surface area contributed by atoms with Crippen LogP contribution in [0.3, 0.4) is 0 Å². The molecule has 1 aromatic rings. The fourth-order valence-corrected chi connectivity index (χ4v) is 1.50. The van der Waals surface area contributed by atoms with Crippen molar-refractivity contribution in [2.45, 2.75) is 26.3 Å². The number of para-hydroxylation sites is 1. The van der Waals surface area contributed by atoms with Gasteiger partial charge in [-0.15, -0.1) is 0 Å². The Balaban J connectivity index is 2.39. The molecule has 20 heavy (non-hydrogen) atoms. The molecule has 0 radical (unpaired) electrons. The van der Waals surface area contributed by atoms with E-state index in [1.54, 1.807) is 19.2 Å². The largest absolute Gasteiger partial charge is 0.335 e. The normalized spacial score (nSPS) is 11.0. The monoisotopic (exact) mass is 277 g/mol. The first-order chi connectivity index (χ1) is 9.28. The average molecular weight is 277 g/mol. The zero-order valence-electron chi connectivity index (χ0n) is 12.6. The highest BCUT2D eigenvalue weighted by Crippen LogP contribution is 2.04. The molecule has 5 nitrogen and oxygen atoms in total. The molecular formula is C15H23N3O2. The van der Waals surface area contributed by atoms with Crippen LogP contribution in [-0.4, -0.2) is 42.4 Å². The maximum atomic E-state index is 11.9. The van der Waals surface area contributed by atoms with Crippen molar-refractivity contribution in [2.24, 2.45) is 0 Å². The van der Waals surface area contributed by atoms with E-state index in [0.29, 0.717) is 0 Å². The van der Waals surface area contributed by atoms with Gasteiger partial charge in [0.2, 0.25) is 11.8 Å². The Bertz CT molecular complexity index is 452. The predicted octanol–water partition coefficient (Wildman–Crippen LogP) is 1.47. The predicted molar refractivity (Wildman–Crippen MR) is 80.5 cm³/mol. The molecule has 1 rings (SSSR count). The first kappa shape index (κ1) is 16.2. The van der Waals surface area contributed by atoms with Gasteiger partial charge >= 0.3 is 0 Å². The minimum absolute atomic E-state index is 0.0412. The molecule has 2 N–H and O–H groups in total. The Hall–Kier alpha value is -1.88. The number of carbonyl (C=O) groups excluding carboxylic acids is 2. The number of nitrogens with zero attached hydrogens (tertiary/aromatic N) is 1. The van der Waals surface area contributed by atoms with Gasteiger partial charge in [0.05, 0.1) is 13.1 Å². The van der Waals surface area contributed by atoms with Crippen LogP contribution in [0.1, 0.15) is 20.8 Å². The standard InChI is InChI=1S/C15H23N3O2/c1-15(2,3)16-10-14(20)18(4)11-13(19)17-12-8-6-5-7-9-12/h5-9,16H,10-11H2,1-4H3,(H,17,19). The second kappa shape index (κ2) is 7.05. The summed E-state index contributed by atoms with van der Waals surface area (Å²) >= 11 is 0. The summed E-state index contributed by atoms with van der Waals surface area (Å²) in [5.41, 5.74) is 0.606. The third-order valence-corrected chi connectivity index (χ3v) is 2.63. The summed E-state index contributed by atoms with van der Waals surface area (Å²) < 4.78 is 0. The third-order valence-electron chi connectivity index (χ3n) is 2.63. The van der Waals surface area contributed by atoms with Gasteiger partial charge in [-0.1, -0.05) is 18.2 Å². The van der Waals surface area contributed by atoms with E-state index in [9.17, 15) is 9.59 Å². The van der Waals surface area contributed by atoms with Gasteiger partial charge in [-0.2, -0.15) is 0 Å². The van der Waals surface area contributed by atoms with E-state index < -0.39 is 0 Å². The number of likely N-dealkylation sites (N-methyl/N-ethyl adjacent to an activating group) is 1. The highest BCUT2D eigenvalue weighted by Gasteiger charge is 2.16. The molecule has 0 fully saturated rings. The van der Waals surface area contributed by atoms with Crippen LogP contribution in [0.2, 0.25) is 0 Å². The highest BCUT2D eigenvalue weighted by atomic mass is 16.2. The molecule has 0 saturated carbocycles. The molecule has 0 aliphatic heterocycles. The Kier molecular flexibility index (Phi) is 5.70. The van der Waals surface area contributed by atoms with Crippen molar-refractivity contribution in [3.8, 4) is 0 Å². The molecule has 0 bridgehead atoms. The lowest BCUT2D eigenvalue weighted by atomic mass is 10.1. The molecule has 1 aromatic carbocycles. The molecule has 0 aromatic heterocycles. The quantitative estimate of drug-likeness (QED) is 0.857. The number of amides is 2. The first-order valence-electron chi connectivity index (χ1n) is 6.62. The zero-order valence-corrected chi connectivity index (χ0v) is 12.6. The van der Waals surface area contributed by atoms with Gasteiger partial charge in [0, 0.05) is 18.3 Å². The van der Waals surface area contributed by atoms with E-state index >= 15 is 0 Å². The first-order valence-corrected chi connectivity index (χ1v) is 6.62. The summed E-state index contributed by atoms with van der Waals surface area (Å²) in [6.45, 7) is 6.23. The van der Waals surface area contributed by atoms with E-state index in [1.807, 2.05) is 39.0 Å². The van der Waals surface area contributed by atoms with Crippen LogP contribution >= 0.6 is 0 Å². The lowest BCUT2D eigenvalue weighted by molar-refractivity contribution is -0.132. The molecular weight excluding hydrogens is 254 g/mol. The van der Waals surface area contributed by atoms with E-state index in [1.165, 1.54) is 4.90 Å². The van der Waals surface area contributed by atoms with Crippen molar-refractivity contribution in [3.63, 3.8) is 0 Å². The van der Waals surface area contributed by atoms with E-state index in [0.717, 1.165) is 5.69 Å². The summed E-state index contributed by atoms with van der Waals surface area (Å²) in [6, 6.07) is 9.18. The third kappa shape index (κ3) is 6.33. The zero-order chi connectivity index (χ0) is 15.2. The lowest BCUT2D eigenvalue weighted by Crippen LogP contribution is -2.45. The molecule has 0 spiro atoms. The van der Waals surface area contributed by atoms with Crippen LogP contribution in [0.25, 0.3) is 0 Å². The number of benzene rings is 1. The van der Waals surface area contributed by atoms with Crippen molar-refractivity contribution in [1.29, 1.82) is 0 Å². The smallest absolute Gasteiger partial charge is 0.243 e. The minimum atomic E-state index is -0.206. The fourth-order valence-electron chi connectivity index (χ4n) is 1.50. The maximum absolute atomic E-state index is 11.9. The summed E-state index contributed by atoms with van der Waals surface area (Å²) in [6.07, 6.45) is 0. The van der Waals surface area contributed by atoms with Crippen LogP contribution in [0.4, 0.5) is 5.69 Å². The number of hydrogen-bond donors (Lipinski definition) is 2. The van der Waals surface area contributed by atoms with Crippen molar-refractivity contribution in [3.05, 3.63) is 30.3 Å². The topological polar surface area (TPSA) is 61.4 Å². The van der Waals surface area contributed by atoms with Crippen molar-refractivity contribution in [1.82, 2.24) is 10.2 Å². The van der Waals surface area contributed by atoms with Gasteiger partial charge in [0.1, 0.15) is 0 Å². The van der Waals surface area contributed by atoms with Crippen molar-refractivity contribution >= 4 is 17.5 Å². The van der Waals surface area contributed by atoms with E-state index in [-0.39, 0.29) is 30.4 Å². The van der Waals surface area contributed by atoms with Gasteiger partial charge in [-0.25, -0.2) is 0 Å². The number of anilines is 1. The van der Waals surface area contributed by atoms with Crippen LogP contribution < -0.4 is 10.6 Å². The lowest BCUT2D eigenvalue weighted by Gasteiger charge is -2.23. The van der Waals surface area contributed by atoms with Gasteiger partial charge in [-0.05, 0) is 32.9 Å².